The molecular weight excluding hydrogens is 312 g/mol. The largest absolute Gasteiger partial charge is 0.395 e. The van der Waals surface area contributed by atoms with E-state index in [-0.39, 0.29) is 13.2 Å². The molecule has 0 aliphatic carbocycles. The lowest BCUT2D eigenvalue weighted by Gasteiger charge is -2.25. The van der Waals surface area contributed by atoms with Gasteiger partial charge in [0.25, 0.3) is 0 Å². The molecule has 0 radical (unpaired) electrons. The fourth-order valence-electron chi connectivity index (χ4n) is 3.03. The van der Waals surface area contributed by atoms with Gasteiger partial charge in [0.15, 0.2) is 0 Å². The lowest BCUT2D eigenvalue weighted by atomic mass is 10.1. The molecule has 2 N–H and O–H groups in total. The van der Waals surface area contributed by atoms with Gasteiger partial charge in [-0.2, -0.15) is 0 Å². The highest BCUT2D eigenvalue weighted by Crippen LogP contribution is 2.11. The Hall–Kier alpha value is -1.72. The molecule has 0 aromatic heterocycles. The standard InChI is InChI=1S/C21H30N2O2/c24-16-14-22(15-17-25)12-7-13-23(18-20-8-3-1-4-9-20)19-21-10-5-2-6-11-21/h1-6,8-11,24-25H,7,12-19H2. The third-order valence-electron chi connectivity index (χ3n) is 4.28. The minimum absolute atomic E-state index is 0.137. The van der Waals surface area contributed by atoms with E-state index in [1.54, 1.807) is 0 Å². The lowest BCUT2D eigenvalue weighted by Crippen LogP contribution is -2.33. The molecule has 0 spiro atoms. The molecule has 25 heavy (non-hydrogen) atoms. The number of hydrogen-bond acceptors (Lipinski definition) is 4. The van der Waals surface area contributed by atoms with Crippen LogP contribution in [0.25, 0.3) is 0 Å². The van der Waals surface area contributed by atoms with Gasteiger partial charge in [-0.15, -0.1) is 0 Å². The van der Waals surface area contributed by atoms with Crippen molar-refractivity contribution in [3.63, 3.8) is 0 Å². The van der Waals surface area contributed by atoms with Gasteiger partial charge in [-0.05, 0) is 24.1 Å². The summed E-state index contributed by atoms with van der Waals surface area (Å²) in [4.78, 5) is 4.57. The Morgan fingerprint density at radius 2 is 1.00 bits per heavy atom. The van der Waals surface area contributed by atoms with Gasteiger partial charge in [-0.25, -0.2) is 0 Å². The molecule has 0 bridgehead atoms. The number of aliphatic hydroxyl groups is 2. The number of benzene rings is 2. The lowest BCUT2D eigenvalue weighted by molar-refractivity contribution is 0.151. The number of rotatable bonds is 12. The first-order valence-corrected chi connectivity index (χ1v) is 9.06. The molecule has 0 saturated carbocycles. The van der Waals surface area contributed by atoms with Crippen molar-refractivity contribution in [2.75, 3.05) is 39.4 Å². The van der Waals surface area contributed by atoms with E-state index in [1.807, 2.05) is 12.1 Å². The zero-order valence-corrected chi connectivity index (χ0v) is 14.9. The molecule has 4 nitrogen and oxygen atoms in total. The van der Waals surface area contributed by atoms with Crippen LogP contribution >= 0.6 is 0 Å². The van der Waals surface area contributed by atoms with Crippen molar-refractivity contribution in [1.82, 2.24) is 9.80 Å². The maximum Gasteiger partial charge on any atom is 0.0558 e. The fraction of sp³-hybridized carbons (Fsp3) is 0.429. The summed E-state index contributed by atoms with van der Waals surface area (Å²) in [5.41, 5.74) is 2.64. The zero-order chi connectivity index (χ0) is 17.7. The van der Waals surface area contributed by atoms with Crippen molar-refractivity contribution in [2.45, 2.75) is 19.5 Å². The average molecular weight is 342 g/mol. The highest BCUT2D eigenvalue weighted by molar-refractivity contribution is 5.17. The van der Waals surface area contributed by atoms with Crippen molar-refractivity contribution < 1.29 is 10.2 Å². The number of hydrogen-bond donors (Lipinski definition) is 2. The second-order valence-electron chi connectivity index (χ2n) is 6.32. The summed E-state index contributed by atoms with van der Waals surface area (Å²) in [6.45, 7) is 5.25. The second kappa shape index (κ2) is 11.8. The Morgan fingerprint density at radius 1 is 0.560 bits per heavy atom. The van der Waals surface area contributed by atoms with Crippen molar-refractivity contribution >= 4 is 0 Å². The average Bonchev–Trinajstić information content (AvgIpc) is 2.64. The molecule has 2 aromatic rings. The van der Waals surface area contributed by atoms with Crippen LogP contribution in [0.1, 0.15) is 17.5 Å². The monoisotopic (exact) mass is 342 g/mol. The van der Waals surface area contributed by atoms with E-state index >= 15 is 0 Å². The Labute approximate surface area is 151 Å². The Kier molecular flexibility index (Phi) is 9.23. The van der Waals surface area contributed by atoms with Crippen LogP contribution in [0.15, 0.2) is 60.7 Å². The molecule has 2 rings (SSSR count). The van der Waals surface area contributed by atoms with Gasteiger partial charge in [-0.3, -0.25) is 9.80 Å². The van der Waals surface area contributed by atoms with E-state index in [0.717, 1.165) is 32.6 Å². The molecule has 0 aliphatic rings. The molecule has 0 unspecified atom stereocenters. The molecule has 136 valence electrons. The minimum atomic E-state index is 0.137. The van der Waals surface area contributed by atoms with Crippen LogP contribution in [0.2, 0.25) is 0 Å². The smallest absolute Gasteiger partial charge is 0.0558 e. The molecule has 0 atom stereocenters. The summed E-state index contributed by atoms with van der Waals surface area (Å²) in [6, 6.07) is 21.1. The summed E-state index contributed by atoms with van der Waals surface area (Å²) in [5.74, 6) is 0. The van der Waals surface area contributed by atoms with E-state index in [4.69, 9.17) is 10.2 Å². The van der Waals surface area contributed by atoms with Crippen LogP contribution in [0.4, 0.5) is 0 Å². The zero-order valence-electron chi connectivity index (χ0n) is 14.9. The van der Waals surface area contributed by atoms with E-state index in [2.05, 4.69) is 58.3 Å². The van der Waals surface area contributed by atoms with Crippen LogP contribution in [0, 0.1) is 0 Å². The van der Waals surface area contributed by atoms with Gasteiger partial charge in [0.2, 0.25) is 0 Å². The predicted molar refractivity (Wildman–Crippen MR) is 102 cm³/mol. The molecule has 4 heteroatoms. The van der Waals surface area contributed by atoms with Crippen LogP contribution in [0.5, 0.6) is 0 Å². The molecule has 2 aromatic carbocycles. The third kappa shape index (κ3) is 7.80. The van der Waals surface area contributed by atoms with E-state index in [1.165, 1.54) is 11.1 Å². The summed E-state index contributed by atoms with van der Waals surface area (Å²) < 4.78 is 0. The second-order valence-corrected chi connectivity index (χ2v) is 6.32. The van der Waals surface area contributed by atoms with Crippen LogP contribution in [0.3, 0.4) is 0 Å². The van der Waals surface area contributed by atoms with Gasteiger partial charge >= 0.3 is 0 Å². The van der Waals surface area contributed by atoms with Crippen LogP contribution in [-0.2, 0) is 13.1 Å². The van der Waals surface area contributed by atoms with Gasteiger partial charge in [-0.1, -0.05) is 60.7 Å². The molecule has 0 saturated heterocycles. The van der Waals surface area contributed by atoms with Gasteiger partial charge < -0.3 is 10.2 Å². The molecule has 0 aliphatic heterocycles. The molecule has 0 amide bonds. The van der Waals surface area contributed by atoms with Crippen molar-refractivity contribution in [2.24, 2.45) is 0 Å². The first-order valence-electron chi connectivity index (χ1n) is 9.06. The fourth-order valence-corrected chi connectivity index (χ4v) is 3.03. The van der Waals surface area contributed by atoms with Crippen molar-refractivity contribution in [1.29, 1.82) is 0 Å². The first kappa shape index (κ1) is 19.6. The number of aliphatic hydroxyl groups excluding tert-OH is 2. The quantitative estimate of drug-likeness (QED) is 0.622. The Morgan fingerprint density at radius 3 is 1.44 bits per heavy atom. The Bertz CT molecular complexity index is 515. The van der Waals surface area contributed by atoms with E-state index in [9.17, 15) is 0 Å². The Balaban J connectivity index is 1.91. The summed E-state index contributed by atoms with van der Waals surface area (Å²) >= 11 is 0. The van der Waals surface area contributed by atoms with Gasteiger partial charge in [0, 0.05) is 32.7 Å². The van der Waals surface area contributed by atoms with E-state index in [0.29, 0.717) is 13.1 Å². The molecule has 0 heterocycles. The number of nitrogens with zero attached hydrogens (tertiary/aromatic N) is 2. The molecule has 0 fully saturated rings. The highest BCUT2D eigenvalue weighted by atomic mass is 16.3. The van der Waals surface area contributed by atoms with Crippen LogP contribution in [-0.4, -0.2) is 59.4 Å². The summed E-state index contributed by atoms with van der Waals surface area (Å²) in [6.07, 6.45) is 1.01. The van der Waals surface area contributed by atoms with Crippen molar-refractivity contribution in [3.8, 4) is 0 Å². The predicted octanol–water partition coefficient (Wildman–Crippen LogP) is 2.37. The van der Waals surface area contributed by atoms with Gasteiger partial charge in [0.05, 0.1) is 13.2 Å². The van der Waals surface area contributed by atoms with Gasteiger partial charge in [0.1, 0.15) is 0 Å². The topological polar surface area (TPSA) is 46.9 Å². The maximum atomic E-state index is 9.13. The molecular formula is C21H30N2O2. The maximum absolute atomic E-state index is 9.13. The van der Waals surface area contributed by atoms with E-state index < -0.39 is 0 Å². The SMILES string of the molecule is OCCN(CCO)CCCN(Cc1ccccc1)Cc1ccccc1. The van der Waals surface area contributed by atoms with Crippen molar-refractivity contribution in [3.05, 3.63) is 71.8 Å². The highest BCUT2D eigenvalue weighted by Gasteiger charge is 2.09. The van der Waals surface area contributed by atoms with Crippen LogP contribution < -0.4 is 0 Å². The third-order valence-corrected chi connectivity index (χ3v) is 4.28. The first-order chi connectivity index (χ1) is 12.3. The minimum Gasteiger partial charge on any atom is -0.395 e. The summed E-state index contributed by atoms with van der Waals surface area (Å²) in [7, 11) is 0. The summed E-state index contributed by atoms with van der Waals surface area (Å²) in [5, 5.41) is 18.3. The normalized spacial score (nSPS) is 11.4.